The van der Waals surface area contributed by atoms with E-state index >= 15 is 0 Å². The van der Waals surface area contributed by atoms with Crippen molar-refractivity contribution < 1.29 is 9.59 Å². The van der Waals surface area contributed by atoms with Gasteiger partial charge in [0.2, 0.25) is 0 Å². The van der Waals surface area contributed by atoms with Crippen molar-refractivity contribution in [2.75, 3.05) is 19.6 Å². The number of hydrogen-bond donors (Lipinski definition) is 1. The largest absolute Gasteiger partial charge is 0.349 e. The third-order valence-electron chi connectivity index (χ3n) is 6.38. The quantitative estimate of drug-likeness (QED) is 0.572. The molecule has 166 valence electrons. The van der Waals surface area contributed by atoms with Crippen LogP contribution in [0.25, 0.3) is 0 Å². The molecule has 0 bridgehead atoms. The van der Waals surface area contributed by atoms with Gasteiger partial charge in [0.05, 0.1) is 6.54 Å². The van der Waals surface area contributed by atoms with Crippen LogP contribution in [0, 0.1) is 13.8 Å². The van der Waals surface area contributed by atoms with Crippen LogP contribution in [0.2, 0.25) is 0 Å². The third-order valence-corrected chi connectivity index (χ3v) is 6.38. The molecule has 5 nitrogen and oxygen atoms in total. The molecule has 0 radical (unpaired) electrons. The number of Topliss-reactive ketones (excluding diaryl/α,β-unsaturated/α-hetero) is 1. The number of benzene rings is 2. The number of amides is 1. The Morgan fingerprint density at radius 1 is 0.938 bits per heavy atom. The molecular weight excluding hydrogens is 398 g/mol. The van der Waals surface area contributed by atoms with E-state index in [4.69, 9.17) is 0 Å². The average molecular weight is 430 g/mol. The van der Waals surface area contributed by atoms with Crippen LogP contribution in [-0.4, -0.2) is 46.8 Å². The van der Waals surface area contributed by atoms with Gasteiger partial charge in [-0.25, -0.2) is 0 Å². The van der Waals surface area contributed by atoms with E-state index in [1.165, 1.54) is 5.56 Å². The SMILES string of the molecule is Cc1cc(C(=O)CN2CCC(NC(=O)c3ccccc3)CC2)c(C)n1Cc1ccccc1. The highest BCUT2D eigenvalue weighted by Gasteiger charge is 2.24. The number of rotatable bonds is 7. The number of carbonyl (C=O) groups is 2. The van der Waals surface area contributed by atoms with Gasteiger partial charge >= 0.3 is 0 Å². The Morgan fingerprint density at radius 3 is 2.22 bits per heavy atom. The molecule has 1 saturated heterocycles. The zero-order valence-corrected chi connectivity index (χ0v) is 18.9. The van der Waals surface area contributed by atoms with E-state index < -0.39 is 0 Å². The van der Waals surface area contributed by atoms with Gasteiger partial charge in [-0.05, 0) is 50.5 Å². The minimum absolute atomic E-state index is 0.0222. The highest BCUT2D eigenvalue weighted by molar-refractivity contribution is 5.99. The molecule has 1 aromatic heterocycles. The Balaban J connectivity index is 1.31. The highest BCUT2D eigenvalue weighted by Crippen LogP contribution is 2.19. The van der Waals surface area contributed by atoms with Gasteiger partial charge in [-0.1, -0.05) is 48.5 Å². The summed E-state index contributed by atoms with van der Waals surface area (Å²) in [5.41, 5.74) is 4.88. The van der Waals surface area contributed by atoms with Crippen LogP contribution in [0.3, 0.4) is 0 Å². The number of hydrogen-bond acceptors (Lipinski definition) is 3. The van der Waals surface area contributed by atoms with Gasteiger partial charge in [-0.15, -0.1) is 0 Å². The fourth-order valence-corrected chi connectivity index (χ4v) is 4.47. The molecule has 4 rings (SSSR count). The zero-order chi connectivity index (χ0) is 22.5. The lowest BCUT2D eigenvalue weighted by Gasteiger charge is -2.31. The number of nitrogens with one attached hydrogen (secondary N) is 1. The number of likely N-dealkylation sites (tertiary alicyclic amines) is 1. The lowest BCUT2D eigenvalue weighted by Crippen LogP contribution is -2.46. The minimum Gasteiger partial charge on any atom is -0.349 e. The lowest BCUT2D eigenvalue weighted by molar-refractivity contribution is 0.0858. The Hall–Kier alpha value is -3.18. The topological polar surface area (TPSA) is 54.3 Å². The number of carbonyl (C=O) groups excluding carboxylic acids is 2. The molecule has 0 unspecified atom stereocenters. The molecule has 0 atom stereocenters. The van der Waals surface area contributed by atoms with Crippen molar-refractivity contribution in [3.63, 3.8) is 0 Å². The summed E-state index contributed by atoms with van der Waals surface area (Å²) in [5.74, 6) is 0.148. The number of aromatic nitrogens is 1. The number of nitrogens with zero attached hydrogens (tertiary/aromatic N) is 2. The molecule has 2 aromatic carbocycles. The van der Waals surface area contributed by atoms with E-state index in [9.17, 15) is 9.59 Å². The fraction of sp³-hybridized carbons (Fsp3) is 0.333. The van der Waals surface area contributed by atoms with E-state index in [2.05, 4.69) is 33.8 Å². The van der Waals surface area contributed by atoms with Crippen LogP contribution in [0.1, 0.15) is 50.5 Å². The van der Waals surface area contributed by atoms with E-state index in [1.807, 2.05) is 61.5 Å². The molecule has 1 amide bonds. The molecule has 0 saturated carbocycles. The highest BCUT2D eigenvalue weighted by atomic mass is 16.1. The number of aryl methyl sites for hydroxylation is 1. The molecule has 0 aliphatic carbocycles. The summed E-state index contributed by atoms with van der Waals surface area (Å²) in [5, 5.41) is 3.13. The lowest BCUT2D eigenvalue weighted by atomic mass is 10.0. The molecule has 32 heavy (non-hydrogen) atoms. The van der Waals surface area contributed by atoms with Crippen molar-refractivity contribution in [2.24, 2.45) is 0 Å². The molecule has 2 heterocycles. The number of piperidine rings is 1. The van der Waals surface area contributed by atoms with Crippen LogP contribution in [0.15, 0.2) is 66.7 Å². The van der Waals surface area contributed by atoms with Crippen molar-refractivity contribution in [2.45, 2.75) is 39.3 Å². The van der Waals surface area contributed by atoms with Gasteiger partial charge in [0.25, 0.3) is 5.91 Å². The maximum atomic E-state index is 13.1. The zero-order valence-electron chi connectivity index (χ0n) is 18.9. The third kappa shape index (κ3) is 5.17. The van der Waals surface area contributed by atoms with Crippen LogP contribution >= 0.6 is 0 Å². The van der Waals surface area contributed by atoms with Gasteiger partial charge in [0.1, 0.15) is 0 Å². The summed E-state index contributed by atoms with van der Waals surface area (Å²) in [6.07, 6.45) is 1.72. The molecule has 1 N–H and O–H groups in total. The summed E-state index contributed by atoms with van der Waals surface area (Å²) in [7, 11) is 0. The smallest absolute Gasteiger partial charge is 0.251 e. The van der Waals surface area contributed by atoms with Gasteiger partial charge < -0.3 is 9.88 Å². The normalized spacial score (nSPS) is 14.9. The van der Waals surface area contributed by atoms with Gasteiger partial charge in [0, 0.05) is 48.2 Å². The Morgan fingerprint density at radius 2 is 1.56 bits per heavy atom. The molecule has 1 fully saturated rings. The van der Waals surface area contributed by atoms with Gasteiger partial charge in [-0.3, -0.25) is 14.5 Å². The molecule has 1 aliphatic heterocycles. The summed E-state index contributed by atoms with van der Waals surface area (Å²) < 4.78 is 2.22. The standard InChI is InChI=1S/C27H31N3O2/c1-20-17-25(21(2)30(20)18-22-9-5-3-6-10-22)26(31)19-29-15-13-24(14-16-29)28-27(32)23-11-7-4-8-12-23/h3-12,17,24H,13-16,18-19H2,1-2H3,(H,28,32). The summed E-state index contributed by atoms with van der Waals surface area (Å²) in [4.78, 5) is 27.7. The Labute approximate surface area is 190 Å². The second-order valence-corrected chi connectivity index (χ2v) is 8.67. The monoisotopic (exact) mass is 429 g/mol. The van der Waals surface area contributed by atoms with Gasteiger partial charge in [0.15, 0.2) is 5.78 Å². The first-order valence-corrected chi connectivity index (χ1v) is 11.3. The maximum absolute atomic E-state index is 13.1. The van der Waals surface area contributed by atoms with Gasteiger partial charge in [-0.2, -0.15) is 0 Å². The van der Waals surface area contributed by atoms with Crippen LogP contribution < -0.4 is 5.32 Å². The predicted octanol–water partition coefficient (Wildman–Crippen LogP) is 4.23. The molecule has 0 spiro atoms. The first kappa shape index (κ1) is 22.0. The van der Waals surface area contributed by atoms with E-state index in [0.717, 1.165) is 49.4 Å². The van der Waals surface area contributed by atoms with Crippen molar-refractivity contribution in [3.05, 3.63) is 94.8 Å². The number of ketones is 1. The summed E-state index contributed by atoms with van der Waals surface area (Å²) in [6, 6.07) is 21.8. The van der Waals surface area contributed by atoms with Crippen LogP contribution in [0.4, 0.5) is 0 Å². The summed E-state index contributed by atoms with van der Waals surface area (Å²) in [6.45, 7) is 6.93. The molecular formula is C27H31N3O2. The first-order valence-electron chi connectivity index (χ1n) is 11.3. The van der Waals surface area contributed by atoms with Crippen molar-refractivity contribution in [3.8, 4) is 0 Å². The molecule has 5 heteroatoms. The fourth-order valence-electron chi connectivity index (χ4n) is 4.47. The van der Waals surface area contributed by atoms with Crippen LogP contribution in [0.5, 0.6) is 0 Å². The van der Waals surface area contributed by atoms with Crippen molar-refractivity contribution >= 4 is 11.7 Å². The van der Waals surface area contributed by atoms with E-state index in [-0.39, 0.29) is 17.7 Å². The Kier molecular flexibility index (Phi) is 6.86. The molecule has 1 aliphatic rings. The van der Waals surface area contributed by atoms with Crippen molar-refractivity contribution in [1.82, 2.24) is 14.8 Å². The van der Waals surface area contributed by atoms with E-state index in [0.29, 0.717) is 12.1 Å². The first-order chi connectivity index (χ1) is 15.5. The van der Waals surface area contributed by atoms with E-state index in [1.54, 1.807) is 0 Å². The average Bonchev–Trinajstić information content (AvgIpc) is 3.10. The van der Waals surface area contributed by atoms with Crippen LogP contribution in [-0.2, 0) is 6.54 Å². The Bertz CT molecular complexity index is 1070. The maximum Gasteiger partial charge on any atom is 0.251 e. The minimum atomic E-state index is -0.0222. The predicted molar refractivity (Wildman–Crippen MR) is 127 cm³/mol. The summed E-state index contributed by atoms with van der Waals surface area (Å²) >= 11 is 0. The second kappa shape index (κ2) is 9.96. The second-order valence-electron chi connectivity index (χ2n) is 8.67. The van der Waals surface area contributed by atoms with Crippen molar-refractivity contribution in [1.29, 1.82) is 0 Å². The molecule has 3 aromatic rings.